The molecule has 1 aromatic rings. The molecule has 1 aromatic carbocycles. The zero-order valence-electron chi connectivity index (χ0n) is 12.4. The lowest BCUT2D eigenvalue weighted by molar-refractivity contribution is -0.149. The van der Waals surface area contributed by atoms with Crippen LogP contribution in [0.3, 0.4) is 0 Å². The molecule has 0 saturated carbocycles. The summed E-state index contributed by atoms with van der Waals surface area (Å²) in [5.74, 6) is -0.227. The number of fused-ring (bicyclic) bond motifs is 1. The molecule has 0 bridgehead atoms. The van der Waals surface area contributed by atoms with Crippen molar-refractivity contribution in [1.82, 2.24) is 5.32 Å². The maximum absolute atomic E-state index is 12.1. The Bertz CT molecular complexity index is 465. The predicted molar refractivity (Wildman–Crippen MR) is 77.6 cm³/mol. The van der Waals surface area contributed by atoms with Crippen molar-refractivity contribution in [3.05, 3.63) is 35.4 Å². The number of esters is 1. The number of hydrogen-bond acceptors (Lipinski definition) is 4. The van der Waals surface area contributed by atoms with Gasteiger partial charge in [-0.3, -0.25) is 0 Å². The minimum absolute atomic E-state index is 0.206. The van der Waals surface area contributed by atoms with Crippen LogP contribution < -0.4 is 5.32 Å². The lowest BCUT2D eigenvalue weighted by Crippen LogP contribution is -2.36. The number of ether oxygens (including phenoxy) is 2. The second-order valence-electron chi connectivity index (χ2n) is 5.96. The van der Waals surface area contributed by atoms with E-state index in [0.29, 0.717) is 6.61 Å². The monoisotopic (exact) mass is 277 g/mol. The Morgan fingerprint density at radius 3 is 2.80 bits per heavy atom. The Morgan fingerprint density at radius 2 is 2.05 bits per heavy atom. The first-order valence-electron chi connectivity index (χ1n) is 7.09. The Hall–Kier alpha value is -1.39. The Kier molecular flexibility index (Phi) is 4.78. The van der Waals surface area contributed by atoms with Crippen LogP contribution >= 0.6 is 0 Å². The standard InChI is InChI=1S/C16H23NO3/c1-16(2,3)20-11-10-19-15(18)14-13-7-5-4-6-12(13)8-9-17-14/h4-7,14,17H,8-11H2,1-3H3. The van der Waals surface area contributed by atoms with Crippen LogP contribution in [0.4, 0.5) is 0 Å². The van der Waals surface area contributed by atoms with Crippen molar-refractivity contribution in [3.63, 3.8) is 0 Å². The second kappa shape index (κ2) is 6.37. The summed E-state index contributed by atoms with van der Waals surface area (Å²) in [5, 5.41) is 3.22. The zero-order chi connectivity index (χ0) is 14.6. The van der Waals surface area contributed by atoms with Crippen molar-refractivity contribution in [2.75, 3.05) is 19.8 Å². The molecule has 0 aliphatic carbocycles. The Balaban J connectivity index is 1.88. The fourth-order valence-corrected chi connectivity index (χ4v) is 2.29. The predicted octanol–water partition coefficient (Wildman–Crippen LogP) is 2.23. The third-order valence-electron chi connectivity index (χ3n) is 3.21. The molecule has 0 amide bonds. The summed E-state index contributed by atoms with van der Waals surface area (Å²) >= 11 is 0. The summed E-state index contributed by atoms with van der Waals surface area (Å²) in [6, 6.07) is 7.66. The highest BCUT2D eigenvalue weighted by atomic mass is 16.6. The molecule has 1 N–H and O–H groups in total. The van der Waals surface area contributed by atoms with Crippen LogP contribution in [-0.4, -0.2) is 31.3 Å². The minimum atomic E-state index is -0.352. The zero-order valence-corrected chi connectivity index (χ0v) is 12.4. The van der Waals surface area contributed by atoms with E-state index in [-0.39, 0.29) is 24.2 Å². The molecule has 4 nitrogen and oxygen atoms in total. The number of benzene rings is 1. The number of nitrogens with one attached hydrogen (secondary N) is 1. The fourth-order valence-electron chi connectivity index (χ4n) is 2.29. The van der Waals surface area contributed by atoms with Gasteiger partial charge < -0.3 is 14.8 Å². The number of hydrogen-bond donors (Lipinski definition) is 1. The van der Waals surface area contributed by atoms with Gasteiger partial charge in [-0.25, -0.2) is 4.79 Å². The molecule has 0 aromatic heterocycles. The molecule has 20 heavy (non-hydrogen) atoms. The summed E-state index contributed by atoms with van der Waals surface area (Å²) in [6.45, 7) is 7.45. The van der Waals surface area contributed by atoms with Gasteiger partial charge >= 0.3 is 5.97 Å². The van der Waals surface area contributed by atoms with E-state index in [1.165, 1.54) is 5.56 Å². The molecule has 4 heteroatoms. The molecule has 0 fully saturated rings. The van der Waals surface area contributed by atoms with Gasteiger partial charge in [-0.1, -0.05) is 24.3 Å². The van der Waals surface area contributed by atoms with Crippen LogP contribution in [0.5, 0.6) is 0 Å². The maximum Gasteiger partial charge on any atom is 0.327 e. The number of carbonyl (C=O) groups is 1. The molecule has 1 aliphatic rings. The van der Waals surface area contributed by atoms with E-state index in [1.54, 1.807) is 0 Å². The summed E-state index contributed by atoms with van der Waals surface area (Å²) in [6.07, 6.45) is 0.951. The molecule has 1 aliphatic heterocycles. The van der Waals surface area contributed by atoms with Crippen molar-refractivity contribution in [2.45, 2.75) is 38.8 Å². The van der Waals surface area contributed by atoms with Gasteiger partial charge in [0.2, 0.25) is 0 Å². The summed E-state index contributed by atoms with van der Waals surface area (Å²) in [4.78, 5) is 12.1. The Morgan fingerprint density at radius 1 is 1.30 bits per heavy atom. The smallest absolute Gasteiger partial charge is 0.327 e. The molecule has 1 heterocycles. The molecular weight excluding hydrogens is 254 g/mol. The average molecular weight is 277 g/mol. The summed E-state index contributed by atoms with van der Waals surface area (Å²) < 4.78 is 10.8. The minimum Gasteiger partial charge on any atom is -0.462 e. The molecule has 0 radical (unpaired) electrons. The Labute approximate surface area is 120 Å². The van der Waals surface area contributed by atoms with Crippen molar-refractivity contribution < 1.29 is 14.3 Å². The molecule has 0 saturated heterocycles. The normalized spacial score (nSPS) is 18.4. The van der Waals surface area contributed by atoms with Gasteiger partial charge in [0, 0.05) is 6.54 Å². The molecule has 1 unspecified atom stereocenters. The van der Waals surface area contributed by atoms with E-state index in [4.69, 9.17) is 9.47 Å². The third-order valence-corrected chi connectivity index (χ3v) is 3.21. The van der Waals surface area contributed by atoms with E-state index >= 15 is 0 Å². The van der Waals surface area contributed by atoms with Gasteiger partial charge in [-0.2, -0.15) is 0 Å². The van der Waals surface area contributed by atoms with Gasteiger partial charge in [0.1, 0.15) is 12.6 Å². The molecular formula is C16H23NO3. The quantitative estimate of drug-likeness (QED) is 0.677. The molecule has 1 atom stereocenters. The van der Waals surface area contributed by atoms with Crippen LogP contribution in [0.1, 0.15) is 37.9 Å². The summed E-state index contributed by atoms with van der Waals surface area (Å²) in [7, 11) is 0. The fraction of sp³-hybridized carbons (Fsp3) is 0.562. The molecule has 0 spiro atoms. The van der Waals surface area contributed by atoms with E-state index in [0.717, 1.165) is 18.5 Å². The highest BCUT2D eigenvalue weighted by Gasteiger charge is 2.26. The highest BCUT2D eigenvalue weighted by Crippen LogP contribution is 2.23. The first-order valence-corrected chi connectivity index (χ1v) is 7.09. The van der Waals surface area contributed by atoms with E-state index in [9.17, 15) is 4.79 Å². The number of rotatable bonds is 4. The first-order chi connectivity index (χ1) is 9.47. The molecule has 110 valence electrons. The van der Waals surface area contributed by atoms with Crippen molar-refractivity contribution in [2.24, 2.45) is 0 Å². The van der Waals surface area contributed by atoms with Crippen LogP contribution in [0.25, 0.3) is 0 Å². The first kappa shape index (κ1) is 15.0. The topological polar surface area (TPSA) is 47.6 Å². The van der Waals surface area contributed by atoms with Crippen LogP contribution in [0.2, 0.25) is 0 Å². The molecule has 2 rings (SSSR count). The van der Waals surface area contributed by atoms with Gasteiger partial charge in [0.05, 0.1) is 12.2 Å². The lowest BCUT2D eigenvalue weighted by atomic mass is 9.94. The van der Waals surface area contributed by atoms with Gasteiger partial charge in [0.15, 0.2) is 0 Å². The number of carbonyl (C=O) groups excluding carboxylic acids is 1. The second-order valence-corrected chi connectivity index (χ2v) is 5.96. The SMILES string of the molecule is CC(C)(C)OCCOC(=O)C1NCCc2ccccc21. The van der Waals surface area contributed by atoms with E-state index < -0.39 is 0 Å². The van der Waals surface area contributed by atoms with Crippen molar-refractivity contribution in [3.8, 4) is 0 Å². The van der Waals surface area contributed by atoms with Gasteiger partial charge in [-0.05, 0) is 38.3 Å². The van der Waals surface area contributed by atoms with Gasteiger partial charge in [-0.15, -0.1) is 0 Å². The largest absolute Gasteiger partial charge is 0.462 e. The lowest BCUT2D eigenvalue weighted by Gasteiger charge is -2.25. The van der Waals surface area contributed by atoms with Crippen LogP contribution in [0, 0.1) is 0 Å². The average Bonchev–Trinajstić information content (AvgIpc) is 2.41. The van der Waals surface area contributed by atoms with Gasteiger partial charge in [0.25, 0.3) is 0 Å². The van der Waals surface area contributed by atoms with Crippen LogP contribution in [-0.2, 0) is 20.7 Å². The van der Waals surface area contributed by atoms with E-state index in [1.807, 2.05) is 39.0 Å². The third kappa shape index (κ3) is 4.05. The maximum atomic E-state index is 12.1. The summed E-state index contributed by atoms with van der Waals surface area (Å²) in [5.41, 5.74) is 2.04. The van der Waals surface area contributed by atoms with E-state index in [2.05, 4.69) is 11.4 Å². The van der Waals surface area contributed by atoms with Crippen molar-refractivity contribution >= 4 is 5.97 Å². The van der Waals surface area contributed by atoms with Crippen molar-refractivity contribution in [1.29, 1.82) is 0 Å². The van der Waals surface area contributed by atoms with Crippen LogP contribution in [0.15, 0.2) is 24.3 Å². The highest BCUT2D eigenvalue weighted by molar-refractivity contribution is 5.78.